The number of carbonyl (C=O) groups excluding carboxylic acids is 1. The first-order chi connectivity index (χ1) is 11.3. The summed E-state index contributed by atoms with van der Waals surface area (Å²) in [5.74, 6) is 0.838. The van der Waals surface area contributed by atoms with Crippen molar-refractivity contribution < 1.29 is 14.3 Å². The van der Waals surface area contributed by atoms with Crippen molar-refractivity contribution in [3.8, 4) is 11.5 Å². The predicted molar refractivity (Wildman–Crippen MR) is 98.0 cm³/mol. The van der Waals surface area contributed by atoms with Gasteiger partial charge in [0.05, 0.1) is 7.11 Å². The number of methoxy groups -OCH3 is 1. The van der Waals surface area contributed by atoms with Crippen molar-refractivity contribution in [2.75, 3.05) is 20.3 Å². The van der Waals surface area contributed by atoms with Crippen molar-refractivity contribution in [2.24, 2.45) is 0 Å². The van der Waals surface area contributed by atoms with Gasteiger partial charge in [-0.15, -0.1) is 0 Å². The molecule has 1 amide bonds. The molecule has 2 N–H and O–H groups in total. The van der Waals surface area contributed by atoms with E-state index in [0.29, 0.717) is 23.1 Å². The van der Waals surface area contributed by atoms with Crippen molar-refractivity contribution in [1.82, 2.24) is 10.6 Å². The Hall–Kier alpha value is -1.46. The van der Waals surface area contributed by atoms with Gasteiger partial charge < -0.3 is 20.1 Å². The van der Waals surface area contributed by atoms with Gasteiger partial charge in [-0.05, 0) is 45.4 Å². The first-order valence-electron chi connectivity index (χ1n) is 8.27. The molecular weight excluding hydrogens is 328 g/mol. The summed E-state index contributed by atoms with van der Waals surface area (Å²) in [5, 5.41) is 6.78. The van der Waals surface area contributed by atoms with Gasteiger partial charge in [0.25, 0.3) is 5.91 Å². The van der Waals surface area contributed by atoms with Gasteiger partial charge in [0, 0.05) is 23.2 Å². The first-order valence-corrected chi connectivity index (χ1v) is 8.65. The third kappa shape index (κ3) is 7.41. The highest BCUT2D eigenvalue weighted by atomic mass is 35.5. The maximum absolute atomic E-state index is 11.9. The Kier molecular flexibility index (Phi) is 8.36. The van der Waals surface area contributed by atoms with E-state index in [1.807, 2.05) is 26.8 Å². The number of benzene rings is 1. The summed E-state index contributed by atoms with van der Waals surface area (Å²) < 4.78 is 10.9. The molecule has 0 aliphatic carbocycles. The molecule has 0 heterocycles. The average molecular weight is 357 g/mol. The average Bonchev–Trinajstić information content (AvgIpc) is 2.49. The van der Waals surface area contributed by atoms with Crippen LogP contribution in [0.5, 0.6) is 11.5 Å². The van der Waals surface area contributed by atoms with Crippen LogP contribution in [-0.4, -0.2) is 31.7 Å². The minimum atomic E-state index is -0.295. The molecule has 0 fully saturated rings. The number of rotatable bonds is 9. The molecule has 0 atom stereocenters. The van der Waals surface area contributed by atoms with Crippen LogP contribution >= 0.6 is 11.6 Å². The standard InChI is InChI=1S/C18H29ClN2O3/c1-6-7-8-20-11-13-9-15(23-5)16(10-14(13)19)24-12-17(22)21-18(2,3)4/h9-10,20H,6-8,11-12H2,1-5H3,(H,21,22). The molecule has 1 rings (SSSR count). The van der Waals surface area contributed by atoms with Crippen LogP contribution in [-0.2, 0) is 11.3 Å². The fraction of sp³-hybridized carbons (Fsp3) is 0.611. The molecule has 1 aromatic carbocycles. The van der Waals surface area contributed by atoms with Gasteiger partial charge in [-0.3, -0.25) is 4.79 Å². The molecular formula is C18H29ClN2O3. The van der Waals surface area contributed by atoms with E-state index in [0.717, 1.165) is 24.9 Å². The molecule has 136 valence electrons. The lowest BCUT2D eigenvalue weighted by Crippen LogP contribution is -2.43. The van der Waals surface area contributed by atoms with E-state index >= 15 is 0 Å². The molecule has 0 radical (unpaired) electrons. The molecule has 0 aliphatic heterocycles. The molecule has 0 unspecified atom stereocenters. The van der Waals surface area contributed by atoms with Crippen LogP contribution in [0.1, 0.15) is 46.1 Å². The van der Waals surface area contributed by atoms with Crippen LogP contribution in [0.4, 0.5) is 0 Å². The molecule has 24 heavy (non-hydrogen) atoms. The van der Waals surface area contributed by atoms with E-state index in [-0.39, 0.29) is 18.1 Å². The maximum Gasteiger partial charge on any atom is 0.258 e. The number of unbranched alkanes of at least 4 members (excludes halogenated alkanes) is 1. The summed E-state index contributed by atoms with van der Waals surface area (Å²) in [7, 11) is 1.57. The van der Waals surface area contributed by atoms with Crippen molar-refractivity contribution >= 4 is 17.5 Å². The molecule has 0 spiro atoms. The van der Waals surface area contributed by atoms with E-state index in [1.165, 1.54) is 0 Å². The van der Waals surface area contributed by atoms with Crippen molar-refractivity contribution in [3.63, 3.8) is 0 Å². The van der Waals surface area contributed by atoms with Crippen LogP contribution in [0.3, 0.4) is 0 Å². The SMILES string of the molecule is CCCCNCc1cc(OC)c(OCC(=O)NC(C)(C)C)cc1Cl. The second-order valence-corrected chi connectivity index (χ2v) is 7.12. The fourth-order valence-electron chi connectivity index (χ4n) is 2.11. The second-order valence-electron chi connectivity index (χ2n) is 6.71. The van der Waals surface area contributed by atoms with E-state index in [1.54, 1.807) is 13.2 Å². The molecule has 0 saturated heterocycles. The Labute approximate surface area is 150 Å². The third-order valence-electron chi connectivity index (χ3n) is 3.23. The van der Waals surface area contributed by atoms with Crippen LogP contribution in [0.2, 0.25) is 5.02 Å². The quantitative estimate of drug-likeness (QED) is 0.664. The Morgan fingerprint density at radius 3 is 2.54 bits per heavy atom. The van der Waals surface area contributed by atoms with Gasteiger partial charge in [0.1, 0.15) is 0 Å². The van der Waals surface area contributed by atoms with E-state index < -0.39 is 0 Å². The van der Waals surface area contributed by atoms with Crippen LogP contribution < -0.4 is 20.1 Å². The minimum absolute atomic E-state index is 0.0853. The molecule has 6 heteroatoms. The summed E-state index contributed by atoms with van der Waals surface area (Å²) in [5.41, 5.74) is 0.645. The number of hydrogen-bond donors (Lipinski definition) is 2. The van der Waals surface area contributed by atoms with Crippen molar-refractivity contribution in [1.29, 1.82) is 0 Å². The smallest absolute Gasteiger partial charge is 0.258 e. The lowest BCUT2D eigenvalue weighted by molar-refractivity contribution is -0.124. The lowest BCUT2D eigenvalue weighted by atomic mass is 10.1. The summed E-state index contributed by atoms with van der Waals surface area (Å²) in [6.07, 6.45) is 2.27. The zero-order valence-electron chi connectivity index (χ0n) is 15.3. The predicted octanol–water partition coefficient (Wildman–Crippen LogP) is 3.53. The van der Waals surface area contributed by atoms with Crippen LogP contribution in [0.15, 0.2) is 12.1 Å². The summed E-state index contributed by atoms with van der Waals surface area (Å²) in [6, 6.07) is 3.54. The van der Waals surface area contributed by atoms with E-state index in [4.69, 9.17) is 21.1 Å². The molecule has 0 aromatic heterocycles. The van der Waals surface area contributed by atoms with Crippen LogP contribution in [0, 0.1) is 0 Å². The summed E-state index contributed by atoms with van der Waals surface area (Å²) in [4.78, 5) is 11.9. The number of carbonyl (C=O) groups is 1. The van der Waals surface area contributed by atoms with Gasteiger partial charge in [0.2, 0.25) is 0 Å². The number of nitrogens with one attached hydrogen (secondary N) is 2. The number of halogens is 1. The van der Waals surface area contributed by atoms with E-state index in [2.05, 4.69) is 17.6 Å². The van der Waals surface area contributed by atoms with Gasteiger partial charge in [0.15, 0.2) is 18.1 Å². The van der Waals surface area contributed by atoms with Gasteiger partial charge in [-0.1, -0.05) is 24.9 Å². The van der Waals surface area contributed by atoms with Gasteiger partial charge in [-0.2, -0.15) is 0 Å². The first kappa shape index (κ1) is 20.6. The molecule has 5 nitrogen and oxygen atoms in total. The monoisotopic (exact) mass is 356 g/mol. The van der Waals surface area contributed by atoms with E-state index in [9.17, 15) is 4.79 Å². The molecule has 0 bridgehead atoms. The molecule has 0 aliphatic rings. The lowest BCUT2D eigenvalue weighted by Gasteiger charge is -2.21. The highest BCUT2D eigenvalue weighted by Crippen LogP contribution is 2.33. The Morgan fingerprint density at radius 1 is 1.25 bits per heavy atom. The highest BCUT2D eigenvalue weighted by Gasteiger charge is 2.16. The third-order valence-corrected chi connectivity index (χ3v) is 3.58. The Morgan fingerprint density at radius 2 is 1.96 bits per heavy atom. The van der Waals surface area contributed by atoms with Crippen molar-refractivity contribution in [2.45, 2.75) is 52.6 Å². The number of hydrogen-bond acceptors (Lipinski definition) is 4. The Bertz CT molecular complexity index is 542. The molecule has 1 aromatic rings. The van der Waals surface area contributed by atoms with Gasteiger partial charge >= 0.3 is 0 Å². The van der Waals surface area contributed by atoms with Gasteiger partial charge in [-0.25, -0.2) is 0 Å². The maximum atomic E-state index is 11.9. The molecule has 0 saturated carbocycles. The number of amides is 1. The topological polar surface area (TPSA) is 59.6 Å². The highest BCUT2D eigenvalue weighted by molar-refractivity contribution is 6.31. The second kappa shape index (κ2) is 9.74. The number of ether oxygens (including phenoxy) is 2. The normalized spacial score (nSPS) is 11.2. The largest absolute Gasteiger partial charge is 0.493 e. The minimum Gasteiger partial charge on any atom is -0.493 e. The zero-order valence-corrected chi connectivity index (χ0v) is 16.0. The fourth-order valence-corrected chi connectivity index (χ4v) is 2.33. The summed E-state index contributed by atoms with van der Waals surface area (Å²) in [6.45, 7) is 9.44. The Balaban J connectivity index is 2.71. The zero-order chi connectivity index (χ0) is 18.2. The van der Waals surface area contributed by atoms with Crippen LogP contribution in [0.25, 0.3) is 0 Å². The van der Waals surface area contributed by atoms with Crippen molar-refractivity contribution in [3.05, 3.63) is 22.7 Å². The summed E-state index contributed by atoms with van der Waals surface area (Å²) >= 11 is 6.32.